The maximum absolute atomic E-state index is 12.1. The minimum Gasteiger partial charge on any atom is -0.456 e. The van der Waals surface area contributed by atoms with Crippen LogP contribution in [0.4, 0.5) is 0 Å². The van der Waals surface area contributed by atoms with Crippen LogP contribution in [0.15, 0.2) is 18.2 Å². The summed E-state index contributed by atoms with van der Waals surface area (Å²) in [6.45, 7) is 3.66. The highest BCUT2D eigenvalue weighted by Gasteiger charge is 2.18. The molecule has 0 aromatic heterocycles. The van der Waals surface area contributed by atoms with Gasteiger partial charge in [0.05, 0.1) is 6.42 Å². The summed E-state index contributed by atoms with van der Waals surface area (Å²) in [5.41, 5.74) is 2.77. The molecular formula is C19H25NO4. The molecule has 0 radical (unpaired) electrons. The number of ether oxygens (including phenoxy) is 1. The molecule has 1 aliphatic carbocycles. The van der Waals surface area contributed by atoms with E-state index in [1.165, 1.54) is 0 Å². The third-order valence-corrected chi connectivity index (χ3v) is 4.47. The largest absolute Gasteiger partial charge is 0.456 e. The van der Waals surface area contributed by atoms with Gasteiger partial charge in [-0.25, -0.2) is 0 Å². The van der Waals surface area contributed by atoms with E-state index in [2.05, 4.69) is 5.32 Å². The number of carbonyl (C=O) groups is 3. The number of carbonyl (C=O) groups excluding carboxylic acids is 3. The zero-order valence-corrected chi connectivity index (χ0v) is 14.4. The Kier molecular flexibility index (Phi) is 6.53. The molecular weight excluding hydrogens is 306 g/mol. The number of ketones is 1. The highest BCUT2D eigenvalue weighted by atomic mass is 16.5. The van der Waals surface area contributed by atoms with Crippen molar-refractivity contribution in [3.63, 3.8) is 0 Å². The van der Waals surface area contributed by atoms with Crippen molar-refractivity contribution in [3.05, 3.63) is 34.9 Å². The molecule has 5 nitrogen and oxygen atoms in total. The molecule has 0 spiro atoms. The zero-order valence-electron chi connectivity index (χ0n) is 14.4. The van der Waals surface area contributed by atoms with Gasteiger partial charge in [-0.3, -0.25) is 14.4 Å². The van der Waals surface area contributed by atoms with Crippen molar-refractivity contribution in [3.8, 4) is 0 Å². The summed E-state index contributed by atoms with van der Waals surface area (Å²) in [5, 5.41) is 2.85. The SMILES string of the molecule is Cc1ccc(C(=O)CCC(=O)OCC(=O)NC2CCCC2)cc1C. The summed E-state index contributed by atoms with van der Waals surface area (Å²) >= 11 is 0. The second-order valence-corrected chi connectivity index (χ2v) is 6.43. The number of hydrogen-bond acceptors (Lipinski definition) is 4. The molecule has 1 fully saturated rings. The van der Waals surface area contributed by atoms with Gasteiger partial charge < -0.3 is 10.1 Å². The van der Waals surface area contributed by atoms with Crippen molar-refractivity contribution in [1.82, 2.24) is 5.32 Å². The Bertz CT molecular complexity index is 618. The molecule has 2 rings (SSSR count). The van der Waals surface area contributed by atoms with Gasteiger partial charge in [0, 0.05) is 18.0 Å². The lowest BCUT2D eigenvalue weighted by Crippen LogP contribution is -2.35. The van der Waals surface area contributed by atoms with E-state index in [-0.39, 0.29) is 37.2 Å². The van der Waals surface area contributed by atoms with Crippen LogP contribution < -0.4 is 5.32 Å². The van der Waals surface area contributed by atoms with Gasteiger partial charge in [-0.1, -0.05) is 25.0 Å². The third kappa shape index (κ3) is 5.48. The maximum atomic E-state index is 12.1. The van der Waals surface area contributed by atoms with E-state index in [9.17, 15) is 14.4 Å². The maximum Gasteiger partial charge on any atom is 0.306 e. The number of esters is 1. The van der Waals surface area contributed by atoms with Crippen molar-refractivity contribution >= 4 is 17.7 Å². The summed E-state index contributed by atoms with van der Waals surface area (Å²) in [6.07, 6.45) is 4.32. The Morgan fingerprint density at radius 2 is 1.79 bits per heavy atom. The summed E-state index contributed by atoms with van der Waals surface area (Å²) in [5.74, 6) is -0.880. The van der Waals surface area contributed by atoms with Crippen LogP contribution in [-0.2, 0) is 14.3 Å². The molecule has 1 aromatic carbocycles. The summed E-state index contributed by atoms with van der Waals surface area (Å²) in [6, 6.07) is 5.71. The van der Waals surface area contributed by atoms with Crippen LogP contribution in [0.25, 0.3) is 0 Å². The Labute approximate surface area is 142 Å². The van der Waals surface area contributed by atoms with E-state index in [4.69, 9.17) is 4.74 Å². The number of hydrogen-bond donors (Lipinski definition) is 1. The first-order valence-corrected chi connectivity index (χ1v) is 8.51. The van der Waals surface area contributed by atoms with E-state index in [0.29, 0.717) is 5.56 Å². The van der Waals surface area contributed by atoms with Crippen LogP contribution in [0.2, 0.25) is 0 Å². The lowest BCUT2D eigenvalue weighted by molar-refractivity contribution is -0.148. The molecule has 0 bridgehead atoms. The number of rotatable bonds is 7. The van der Waals surface area contributed by atoms with Crippen molar-refractivity contribution in [2.24, 2.45) is 0 Å². The van der Waals surface area contributed by atoms with Crippen LogP contribution >= 0.6 is 0 Å². The fourth-order valence-electron chi connectivity index (χ4n) is 2.83. The average Bonchev–Trinajstić information content (AvgIpc) is 3.06. The standard InChI is InChI=1S/C19H25NO4/c1-13-7-8-15(11-14(13)2)17(21)9-10-19(23)24-12-18(22)20-16-5-3-4-6-16/h7-8,11,16H,3-6,9-10,12H2,1-2H3,(H,20,22). The molecule has 1 N–H and O–H groups in total. The van der Waals surface area contributed by atoms with Gasteiger partial charge in [0.15, 0.2) is 12.4 Å². The normalized spacial score (nSPS) is 14.4. The van der Waals surface area contributed by atoms with E-state index in [1.807, 2.05) is 26.0 Å². The van der Waals surface area contributed by atoms with Crippen LogP contribution in [0.1, 0.15) is 60.0 Å². The lowest BCUT2D eigenvalue weighted by atomic mass is 10.0. The predicted octanol–water partition coefficient (Wildman–Crippen LogP) is 2.87. The molecule has 24 heavy (non-hydrogen) atoms. The van der Waals surface area contributed by atoms with Crippen molar-refractivity contribution in [1.29, 1.82) is 0 Å². The first-order valence-electron chi connectivity index (χ1n) is 8.51. The van der Waals surface area contributed by atoms with Crippen molar-refractivity contribution < 1.29 is 19.1 Å². The molecule has 1 aromatic rings. The fourth-order valence-corrected chi connectivity index (χ4v) is 2.83. The van der Waals surface area contributed by atoms with E-state index in [1.54, 1.807) is 6.07 Å². The Morgan fingerprint density at radius 1 is 1.08 bits per heavy atom. The summed E-state index contributed by atoms with van der Waals surface area (Å²) in [7, 11) is 0. The quantitative estimate of drug-likeness (QED) is 0.616. The summed E-state index contributed by atoms with van der Waals surface area (Å²) < 4.78 is 4.94. The van der Waals surface area contributed by atoms with Gasteiger partial charge in [0.25, 0.3) is 5.91 Å². The zero-order chi connectivity index (χ0) is 17.5. The first-order chi connectivity index (χ1) is 11.5. The molecule has 1 saturated carbocycles. The Morgan fingerprint density at radius 3 is 2.46 bits per heavy atom. The van der Waals surface area contributed by atoms with Gasteiger partial charge in [-0.05, 0) is 43.9 Å². The highest BCUT2D eigenvalue weighted by molar-refractivity contribution is 5.97. The topological polar surface area (TPSA) is 72.5 Å². The average molecular weight is 331 g/mol. The second-order valence-electron chi connectivity index (χ2n) is 6.43. The Hall–Kier alpha value is -2.17. The van der Waals surface area contributed by atoms with Crippen molar-refractivity contribution in [2.75, 3.05) is 6.61 Å². The number of amides is 1. The molecule has 5 heteroatoms. The third-order valence-electron chi connectivity index (χ3n) is 4.47. The highest BCUT2D eigenvalue weighted by Crippen LogP contribution is 2.17. The second kappa shape index (κ2) is 8.62. The summed E-state index contributed by atoms with van der Waals surface area (Å²) in [4.78, 5) is 35.5. The van der Waals surface area contributed by atoms with Gasteiger partial charge in [-0.15, -0.1) is 0 Å². The molecule has 0 unspecified atom stereocenters. The number of nitrogens with one attached hydrogen (secondary N) is 1. The number of Topliss-reactive ketones (excluding diaryl/α,β-unsaturated/α-hetero) is 1. The smallest absolute Gasteiger partial charge is 0.306 e. The van der Waals surface area contributed by atoms with Gasteiger partial charge in [0.2, 0.25) is 0 Å². The van der Waals surface area contributed by atoms with E-state index >= 15 is 0 Å². The van der Waals surface area contributed by atoms with Gasteiger partial charge in [-0.2, -0.15) is 0 Å². The van der Waals surface area contributed by atoms with E-state index in [0.717, 1.165) is 36.8 Å². The predicted molar refractivity (Wildman–Crippen MR) is 90.8 cm³/mol. The monoisotopic (exact) mass is 331 g/mol. The molecule has 0 heterocycles. The molecule has 1 aliphatic rings. The molecule has 130 valence electrons. The minimum atomic E-state index is -0.520. The molecule has 0 aliphatic heterocycles. The first kappa shape index (κ1) is 18.2. The fraction of sp³-hybridized carbons (Fsp3) is 0.526. The van der Waals surface area contributed by atoms with Crippen LogP contribution in [0, 0.1) is 13.8 Å². The van der Waals surface area contributed by atoms with Gasteiger partial charge >= 0.3 is 5.97 Å². The molecule has 0 saturated heterocycles. The van der Waals surface area contributed by atoms with Crippen LogP contribution in [-0.4, -0.2) is 30.3 Å². The lowest BCUT2D eigenvalue weighted by Gasteiger charge is -2.11. The minimum absolute atomic E-state index is 0.0114. The van der Waals surface area contributed by atoms with Gasteiger partial charge in [0.1, 0.15) is 0 Å². The number of benzene rings is 1. The van der Waals surface area contributed by atoms with E-state index < -0.39 is 5.97 Å². The molecule has 1 amide bonds. The number of aryl methyl sites for hydroxylation is 2. The Balaban J connectivity index is 1.69. The van der Waals surface area contributed by atoms with Crippen molar-refractivity contribution in [2.45, 2.75) is 58.4 Å². The van der Waals surface area contributed by atoms with Crippen LogP contribution in [0.5, 0.6) is 0 Å². The molecule has 0 atom stereocenters. The van der Waals surface area contributed by atoms with Crippen LogP contribution in [0.3, 0.4) is 0 Å².